The van der Waals surface area contributed by atoms with Crippen molar-refractivity contribution in [2.24, 2.45) is 0 Å². The van der Waals surface area contributed by atoms with Crippen molar-refractivity contribution in [1.29, 1.82) is 0 Å². The molecule has 22 heavy (non-hydrogen) atoms. The van der Waals surface area contributed by atoms with E-state index in [1.165, 1.54) is 6.42 Å². The molecule has 1 unspecified atom stereocenters. The predicted octanol–water partition coefficient (Wildman–Crippen LogP) is 2.37. The van der Waals surface area contributed by atoms with E-state index in [1.807, 2.05) is 30.3 Å². The first-order valence-electron chi connectivity index (χ1n) is 7.95. The quantitative estimate of drug-likeness (QED) is 0.755. The summed E-state index contributed by atoms with van der Waals surface area (Å²) < 4.78 is 5.41. The topological polar surface area (TPSA) is 70.6 Å². The standard InChI is InChI=1S/C17H26N2O3/c1-22-15(14-8-4-2-5-9-14)12-18-16(20)19-13-17(21)10-6-3-7-11-17/h2,4-5,8-9,15,21H,3,6-7,10-13H2,1H3,(H2,18,19,20). The average Bonchev–Trinajstić information content (AvgIpc) is 2.55. The van der Waals surface area contributed by atoms with Gasteiger partial charge in [-0.25, -0.2) is 4.79 Å². The van der Waals surface area contributed by atoms with Gasteiger partial charge in [-0.15, -0.1) is 0 Å². The van der Waals surface area contributed by atoms with Gasteiger partial charge in [0.2, 0.25) is 0 Å². The largest absolute Gasteiger partial charge is 0.388 e. The lowest BCUT2D eigenvalue weighted by atomic mass is 9.85. The maximum absolute atomic E-state index is 11.9. The van der Waals surface area contributed by atoms with Gasteiger partial charge in [-0.3, -0.25) is 0 Å². The fraction of sp³-hybridized carbons (Fsp3) is 0.588. The molecule has 122 valence electrons. The number of aliphatic hydroxyl groups is 1. The van der Waals surface area contributed by atoms with E-state index in [0.717, 1.165) is 31.2 Å². The number of ether oxygens (including phenoxy) is 1. The van der Waals surface area contributed by atoms with Crippen LogP contribution in [-0.2, 0) is 4.74 Å². The van der Waals surface area contributed by atoms with Crippen LogP contribution in [0.5, 0.6) is 0 Å². The van der Waals surface area contributed by atoms with Crippen LogP contribution in [-0.4, -0.2) is 36.9 Å². The van der Waals surface area contributed by atoms with E-state index >= 15 is 0 Å². The Morgan fingerprint density at radius 2 is 1.91 bits per heavy atom. The third kappa shape index (κ3) is 5.00. The van der Waals surface area contributed by atoms with Crippen molar-refractivity contribution < 1.29 is 14.6 Å². The minimum atomic E-state index is -0.740. The molecule has 1 fully saturated rings. The summed E-state index contributed by atoms with van der Waals surface area (Å²) in [5.41, 5.74) is 0.284. The summed E-state index contributed by atoms with van der Waals surface area (Å²) >= 11 is 0. The molecule has 0 aromatic heterocycles. The Bertz CT molecular complexity index is 458. The van der Waals surface area contributed by atoms with Crippen LogP contribution < -0.4 is 10.6 Å². The van der Waals surface area contributed by atoms with E-state index in [2.05, 4.69) is 10.6 Å². The highest BCUT2D eigenvalue weighted by molar-refractivity contribution is 5.73. The highest BCUT2D eigenvalue weighted by Gasteiger charge is 2.29. The molecule has 0 saturated heterocycles. The van der Waals surface area contributed by atoms with E-state index in [-0.39, 0.29) is 12.1 Å². The summed E-state index contributed by atoms with van der Waals surface area (Å²) in [7, 11) is 1.63. The first kappa shape index (κ1) is 16.8. The second kappa shape index (κ2) is 8.15. The lowest BCUT2D eigenvalue weighted by Crippen LogP contribution is -2.47. The van der Waals surface area contributed by atoms with Crippen LogP contribution in [0.2, 0.25) is 0 Å². The Kier molecular flexibility index (Phi) is 6.21. The number of carbonyl (C=O) groups excluding carboxylic acids is 1. The Morgan fingerprint density at radius 3 is 2.55 bits per heavy atom. The zero-order valence-corrected chi connectivity index (χ0v) is 13.2. The Labute approximate surface area is 132 Å². The summed E-state index contributed by atoms with van der Waals surface area (Å²) in [6, 6.07) is 9.51. The van der Waals surface area contributed by atoms with Crippen LogP contribution in [0, 0.1) is 0 Å². The Hall–Kier alpha value is -1.59. The number of amides is 2. The summed E-state index contributed by atoms with van der Waals surface area (Å²) in [5, 5.41) is 15.9. The van der Waals surface area contributed by atoms with Gasteiger partial charge in [0.1, 0.15) is 0 Å². The van der Waals surface area contributed by atoms with Crippen molar-refractivity contribution in [2.75, 3.05) is 20.2 Å². The molecule has 1 aliphatic carbocycles. The van der Waals surface area contributed by atoms with Crippen molar-refractivity contribution in [3.05, 3.63) is 35.9 Å². The molecule has 5 heteroatoms. The highest BCUT2D eigenvalue weighted by atomic mass is 16.5. The fourth-order valence-corrected chi connectivity index (χ4v) is 2.88. The highest BCUT2D eigenvalue weighted by Crippen LogP contribution is 2.27. The van der Waals surface area contributed by atoms with Crippen molar-refractivity contribution in [1.82, 2.24) is 10.6 Å². The number of urea groups is 1. The van der Waals surface area contributed by atoms with Crippen LogP contribution in [0.1, 0.15) is 43.8 Å². The molecule has 2 amide bonds. The summed E-state index contributed by atoms with van der Waals surface area (Å²) in [6.45, 7) is 0.701. The molecule has 0 spiro atoms. The number of hydrogen-bond acceptors (Lipinski definition) is 3. The van der Waals surface area contributed by atoms with Gasteiger partial charge < -0.3 is 20.5 Å². The van der Waals surface area contributed by atoms with Crippen LogP contribution in [0.15, 0.2) is 30.3 Å². The summed E-state index contributed by atoms with van der Waals surface area (Å²) in [5.74, 6) is 0. The van der Waals surface area contributed by atoms with Crippen LogP contribution >= 0.6 is 0 Å². The molecular weight excluding hydrogens is 280 g/mol. The molecule has 0 aliphatic heterocycles. The molecular formula is C17H26N2O3. The SMILES string of the molecule is COC(CNC(=O)NCC1(O)CCCCC1)c1ccccc1. The molecule has 1 aromatic carbocycles. The van der Waals surface area contributed by atoms with Gasteiger partial charge in [0.05, 0.1) is 11.7 Å². The second-order valence-electron chi connectivity index (χ2n) is 5.98. The first-order valence-corrected chi connectivity index (χ1v) is 7.95. The van der Waals surface area contributed by atoms with Crippen molar-refractivity contribution in [2.45, 2.75) is 43.8 Å². The van der Waals surface area contributed by atoms with Gasteiger partial charge in [0.15, 0.2) is 0 Å². The van der Waals surface area contributed by atoms with Gasteiger partial charge in [-0.05, 0) is 18.4 Å². The smallest absolute Gasteiger partial charge is 0.314 e. The molecule has 0 bridgehead atoms. The molecule has 1 atom stereocenters. The Morgan fingerprint density at radius 1 is 1.23 bits per heavy atom. The summed E-state index contributed by atoms with van der Waals surface area (Å²) in [6.07, 6.45) is 4.57. The number of benzene rings is 1. The molecule has 5 nitrogen and oxygen atoms in total. The van der Waals surface area contributed by atoms with Gasteiger partial charge in [0, 0.05) is 20.2 Å². The minimum Gasteiger partial charge on any atom is -0.388 e. The fourth-order valence-electron chi connectivity index (χ4n) is 2.88. The molecule has 1 aromatic rings. The molecule has 3 N–H and O–H groups in total. The van der Waals surface area contributed by atoms with Crippen LogP contribution in [0.4, 0.5) is 4.79 Å². The van der Waals surface area contributed by atoms with Crippen molar-refractivity contribution >= 4 is 6.03 Å². The second-order valence-corrected chi connectivity index (χ2v) is 5.98. The number of carbonyl (C=O) groups is 1. The first-order chi connectivity index (χ1) is 10.6. The summed E-state index contributed by atoms with van der Waals surface area (Å²) in [4.78, 5) is 11.9. The van der Waals surface area contributed by atoms with Gasteiger partial charge in [-0.2, -0.15) is 0 Å². The number of methoxy groups -OCH3 is 1. The van der Waals surface area contributed by atoms with Gasteiger partial charge >= 0.3 is 6.03 Å². The number of nitrogens with one attached hydrogen (secondary N) is 2. The van der Waals surface area contributed by atoms with Crippen molar-refractivity contribution in [3.8, 4) is 0 Å². The molecule has 1 saturated carbocycles. The Balaban J connectivity index is 1.74. The van der Waals surface area contributed by atoms with Crippen molar-refractivity contribution in [3.63, 3.8) is 0 Å². The van der Waals surface area contributed by atoms with E-state index in [9.17, 15) is 9.90 Å². The van der Waals surface area contributed by atoms with E-state index in [1.54, 1.807) is 7.11 Å². The average molecular weight is 306 g/mol. The van der Waals surface area contributed by atoms with Crippen LogP contribution in [0.25, 0.3) is 0 Å². The monoisotopic (exact) mass is 306 g/mol. The number of hydrogen-bond donors (Lipinski definition) is 3. The minimum absolute atomic E-state index is 0.176. The van der Waals surface area contributed by atoms with E-state index in [4.69, 9.17) is 4.74 Å². The zero-order valence-electron chi connectivity index (χ0n) is 13.2. The van der Waals surface area contributed by atoms with E-state index in [0.29, 0.717) is 13.1 Å². The van der Waals surface area contributed by atoms with Gasteiger partial charge in [0.25, 0.3) is 0 Å². The van der Waals surface area contributed by atoms with Gasteiger partial charge in [-0.1, -0.05) is 49.6 Å². The predicted molar refractivity (Wildman–Crippen MR) is 85.6 cm³/mol. The molecule has 2 rings (SSSR count). The third-order valence-corrected chi connectivity index (χ3v) is 4.27. The molecule has 0 heterocycles. The lowest BCUT2D eigenvalue weighted by molar-refractivity contribution is 0.00708. The van der Waals surface area contributed by atoms with Crippen LogP contribution in [0.3, 0.4) is 0 Å². The molecule has 1 aliphatic rings. The third-order valence-electron chi connectivity index (χ3n) is 4.27. The zero-order chi connectivity index (χ0) is 15.8. The number of rotatable bonds is 6. The normalized spacial score (nSPS) is 18.5. The lowest BCUT2D eigenvalue weighted by Gasteiger charge is -2.32. The molecule has 0 radical (unpaired) electrons. The maximum atomic E-state index is 11.9. The van der Waals surface area contributed by atoms with E-state index < -0.39 is 5.60 Å². The maximum Gasteiger partial charge on any atom is 0.314 e.